The van der Waals surface area contributed by atoms with Crippen molar-refractivity contribution in [2.45, 2.75) is 49.6 Å². The predicted octanol–water partition coefficient (Wildman–Crippen LogP) is -2.43. The van der Waals surface area contributed by atoms with E-state index in [4.69, 9.17) is 5.73 Å². The van der Waals surface area contributed by atoms with Crippen LogP contribution in [0.3, 0.4) is 0 Å². The maximum atomic E-state index is 15.1. The fourth-order valence-corrected chi connectivity index (χ4v) is 5.56. The first-order valence-electron chi connectivity index (χ1n) is 11.5. The van der Waals surface area contributed by atoms with Gasteiger partial charge in [-0.05, 0) is 25.9 Å². The Morgan fingerprint density at radius 3 is 2.53 bits per heavy atom. The van der Waals surface area contributed by atoms with Gasteiger partial charge in [0.25, 0.3) is 0 Å². The van der Waals surface area contributed by atoms with Gasteiger partial charge in [0.05, 0.1) is 30.3 Å². The van der Waals surface area contributed by atoms with Crippen LogP contribution in [-0.2, 0) is 9.59 Å². The Kier molecular flexibility index (Phi) is 7.27. The summed E-state index contributed by atoms with van der Waals surface area (Å²) in [5.41, 5.74) is 9.12. The van der Waals surface area contributed by atoms with Crippen LogP contribution in [0, 0.1) is 11.8 Å². The molecule has 182 valence electrons. The number of alkyl halides is 2. The predicted molar refractivity (Wildman–Crippen MR) is 114 cm³/mol. The van der Waals surface area contributed by atoms with Crippen molar-refractivity contribution in [1.29, 1.82) is 0 Å². The zero-order valence-electron chi connectivity index (χ0n) is 18.8. The molecule has 2 amide bonds. The smallest absolute Gasteiger partial charge is 0.229 e. The molecule has 7 atom stereocenters. The van der Waals surface area contributed by atoms with Crippen LogP contribution >= 0.6 is 0 Å². The van der Waals surface area contributed by atoms with Gasteiger partial charge in [-0.1, -0.05) is 0 Å². The Balaban J connectivity index is 1.40. The van der Waals surface area contributed by atoms with E-state index in [1.807, 2.05) is 0 Å². The molecule has 6 N–H and O–H groups in total. The number of piperidine rings is 2. The van der Waals surface area contributed by atoms with Gasteiger partial charge < -0.3 is 21.3 Å². The zero-order valence-corrected chi connectivity index (χ0v) is 18.8. The first-order valence-corrected chi connectivity index (χ1v) is 11.5. The molecule has 4 aliphatic rings. The molecule has 4 saturated heterocycles. The highest BCUT2D eigenvalue weighted by Crippen LogP contribution is 2.26. The molecule has 0 bridgehead atoms. The summed E-state index contributed by atoms with van der Waals surface area (Å²) in [6, 6.07) is -0.891. The highest BCUT2D eigenvalue weighted by atomic mass is 19.1. The molecule has 4 heterocycles. The lowest BCUT2D eigenvalue weighted by Gasteiger charge is -2.45. The van der Waals surface area contributed by atoms with E-state index in [1.54, 1.807) is 24.0 Å². The first-order chi connectivity index (χ1) is 15.3. The van der Waals surface area contributed by atoms with E-state index >= 15 is 4.39 Å². The first kappa shape index (κ1) is 23.7. The maximum absolute atomic E-state index is 15.1. The summed E-state index contributed by atoms with van der Waals surface area (Å²) in [6.07, 6.45) is -1.87. The molecule has 4 rings (SSSR count). The lowest BCUT2D eigenvalue weighted by atomic mass is 9.90. The Hall–Kier alpha value is -1.44. The number of hydrogen-bond donors (Lipinski definition) is 5. The van der Waals surface area contributed by atoms with Gasteiger partial charge in [0.1, 0.15) is 12.3 Å². The summed E-state index contributed by atoms with van der Waals surface area (Å²) in [7, 11) is 3.51. The number of halogens is 2. The molecule has 12 heteroatoms. The number of fused-ring (bicyclic) bond motifs is 1. The number of amides is 2. The van der Waals surface area contributed by atoms with Crippen molar-refractivity contribution < 1.29 is 18.4 Å². The number of carbonyl (C=O) groups excluding carboxylic acids is 2. The van der Waals surface area contributed by atoms with Crippen molar-refractivity contribution in [2.75, 3.05) is 53.4 Å². The topological polar surface area (TPSA) is 118 Å². The molecular weight excluding hydrogens is 422 g/mol. The number of rotatable bonds is 4. The second-order valence-corrected chi connectivity index (χ2v) is 9.61. The van der Waals surface area contributed by atoms with Gasteiger partial charge in [-0.25, -0.2) is 19.2 Å². The van der Waals surface area contributed by atoms with E-state index in [0.29, 0.717) is 32.5 Å². The molecule has 0 aromatic rings. The summed E-state index contributed by atoms with van der Waals surface area (Å²) in [5, 5.41) is 10.8. The molecule has 32 heavy (non-hydrogen) atoms. The highest BCUT2D eigenvalue weighted by Gasteiger charge is 2.48. The van der Waals surface area contributed by atoms with Crippen LogP contribution in [0.4, 0.5) is 8.78 Å². The Morgan fingerprint density at radius 2 is 1.84 bits per heavy atom. The van der Waals surface area contributed by atoms with Gasteiger partial charge in [-0.15, -0.1) is 0 Å². The van der Waals surface area contributed by atoms with E-state index in [-0.39, 0.29) is 37.4 Å². The van der Waals surface area contributed by atoms with Crippen molar-refractivity contribution in [3.05, 3.63) is 0 Å². The third-order valence-corrected chi connectivity index (χ3v) is 7.18. The van der Waals surface area contributed by atoms with Gasteiger partial charge in [0.15, 0.2) is 0 Å². The van der Waals surface area contributed by atoms with E-state index < -0.39 is 42.7 Å². The fraction of sp³-hybridized carbons (Fsp3) is 0.900. The van der Waals surface area contributed by atoms with Crippen LogP contribution in [0.5, 0.6) is 0 Å². The molecule has 4 fully saturated rings. The minimum atomic E-state index is -1.14. The van der Waals surface area contributed by atoms with Crippen molar-refractivity contribution in [2.24, 2.45) is 17.6 Å². The maximum Gasteiger partial charge on any atom is 0.229 e. The van der Waals surface area contributed by atoms with Gasteiger partial charge in [-0.2, -0.15) is 0 Å². The van der Waals surface area contributed by atoms with Crippen molar-refractivity contribution in [3.63, 3.8) is 0 Å². The lowest BCUT2D eigenvalue weighted by Crippen LogP contribution is -2.67. The van der Waals surface area contributed by atoms with Crippen molar-refractivity contribution in [3.8, 4) is 0 Å². The standard InChI is InChI=1S/C20H36F2N8O2/c1-28(2)20(32)11-3-5-29(6-4-11)16-13(22)8-24-9-14(16)26-19(31)15-17(23)27-30-10-12(21)7-25-18(15)30/h11-18,24-25,27H,3-10,23H2,1-2H3,(H,26,31). The monoisotopic (exact) mass is 458 g/mol. The van der Waals surface area contributed by atoms with Crippen LogP contribution in [0.25, 0.3) is 0 Å². The third kappa shape index (κ3) is 4.75. The average molecular weight is 459 g/mol. The number of carbonyl (C=O) groups is 2. The van der Waals surface area contributed by atoms with E-state index in [0.717, 1.165) is 0 Å². The van der Waals surface area contributed by atoms with Gasteiger partial charge in [0, 0.05) is 46.2 Å². The van der Waals surface area contributed by atoms with Crippen LogP contribution in [0.2, 0.25) is 0 Å². The quantitative estimate of drug-likeness (QED) is 0.316. The molecule has 4 aliphatic heterocycles. The molecule has 7 unspecified atom stereocenters. The normalized spacial score (nSPS) is 39.5. The average Bonchev–Trinajstić information content (AvgIpc) is 3.08. The molecule has 0 aliphatic carbocycles. The number of nitrogens with two attached hydrogens (primary N) is 1. The Bertz CT molecular complexity index is 693. The summed E-state index contributed by atoms with van der Waals surface area (Å²) < 4.78 is 28.8. The number of hydrazine groups is 1. The largest absolute Gasteiger partial charge is 0.350 e. The minimum Gasteiger partial charge on any atom is -0.350 e. The van der Waals surface area contributed by atoms with Gasteiger partial charge >= 0.3 is 0 Å². The van der Waals surface area contributed by atoms with Crippen LogP contribution in [-0.4, -0.2) is 117 Å². The molecule has 0 aromatic carbocycles. The molecule has 0 aromatic heterocycles. The SMILES string of the molecule is CN(C)C(=O)C1CCN(C2C(F)CNCC2NC(=O)C2C(N)NN3CC(F)CNC23)CC1. The van der Waals surface area contributed by atoms with Gasteiger partial charge in [0.2, 0.25) is 11.8 Å². The van der Waals surface area contributed by atoms with Crippen LogP contribution < -0.4 is 27.1 Å². The second-order valence-electron chi connectivity index (χ2n) is 9.61. The van der Waals surface area contributed by atoms with Crippen molar-refractivity contribution >= 4 is 11.8 Å². The summed E-state index contributed by atoms with van der Waals surface area (Å²) in [4.78, 5) is 29.2. The van der Waals surface area contributed by atoms with E-state index in [9.17, 15) is 14.0 Å². The van der Waals surface area contributed by atoms with Crippen LogP contribution in [0.15, 0.2) is 0 Å². The molecule has 0 spiro atoms. The van der Waals surface area contributed by atoms with E-state index in [2.05, 4.69) is 26.3 Å². The zero-order chi connectivity index (χ0) is 23.0. The summed E-state index contributed by atoms with van der Waals surface area (Å²) in [5.74, 6) is -0.823. The lowest BCUT2D eigenvalue weighted by molar-refractivity contribution is -0.134. The Morgan fingerprint density at radius 1 is 1.12 bits per heavy atom. The third-order valence-electron chi connectivity index (χ3n) is 7.18. The number of nitrogens with one attached hydrogen (secondary N) is 4. The molecular formula is C20H36F2N8O2. The van der Waals surface area contributed by atoms with Crippen LogP contribution in [0.1, 0.15) is 12.8 Å². The number of nitrogens with zero attached hydrogens (tertiary/aromatic N) is 3. The number of hydrogen-bond acceptors (Lipinski definition) is 8. The Labute approximate surface area is 187 Å². The van der Waals surface area contributed by atoms with E-state index in [1.165, 1.54) is 0 Å². The summed E-state index contributed by atoms with van der Waals surface area (Å²) in [6.45, 7) is 2.24. The second kappa shape index (κ2) is 9.82. The number of likely N-dealkylation sites (tertiary alicyclic amines) is 1. The highest BCUT2D eigenvalue weighted by molar-refractivity contribution is 5.81. The minimum absolute atomic E-state index is 0.0423. The summed E-state index contributed by atoms with van der Waals surface area (Å²) >= 11 is 0. The van der Waals surface area contributed by atoms with Crippen molar-refractivity contribution in [1.82, 2.24) is 36.2 Å². The fourth-order valence-electron chi connectivity index (χ4n) is 5.56. The molecule has 0 saturated carbocycles. The molecule has 10 nitrogen and oxygen atoms in total. The van der Waals surface area contributed by atoms with Gasteiger partial charge in [-0.3, -0.25) is 19.8 Å². The molecule has 0 radical (unpaired) electrons.